The average Bonchev–Trinajstić information content (AvgIpc) is 3.07. The first kappa shape index (κ1) is 17.3. The zero-order chi connectivity index (χ0) is 17.5. The summed E-state index contributed by atoms with van der Waals surface area (Å²) >= 11 is 0. The van der Waals surface area contributed by atoms with E-state index in [0.29, 0.717) is 0 Å². The van der Waals surface area contributed by atoms with Crippen LogP contribution in [0.5, 0.6) is 0 Å². The van der Waals surface area contributed by atoms with Gasteiger partial charge in [0.15, 0.2) is 5.96 Å². The molecule has 0 spiro atoms. The van der Waals surface area contributed by atoms with Crippen molar-refractivity contribution in [3.05, 3.63) is 60.2 Å². The maximum Gasteiger partial charge on any atom is 0.194 e. The standard InChI is InChI=1S/C20H27N5/c1-3-21-20(23-12-16-24-15-11-22-17(24)2)25-13-9-19(10-14-25)18-7-5-4-6-8-18/h4-9,11,15H,3,10,12-14,16H2,1-2H3,(H,21,23). The van der Waals surface area contributed by atoms with E-state index >= 15 is 0 Å². The molecule has 1 aliphatic rings. The third kappa shape index (κ3) is 4.50. The number of hydrogen-bond acceptors (Lipinski definition) is 2. The Bertz CT molecular complexity index is 730. The topological polar surface area (TPSA) is 45.5 Å². The Morgan fingerprint density at radius 1 is 1.28 bits per heavy atom. The minimum absolute atomic E-state index is 0.755. The highest BCUT2D eigenvalue weighted by Crippen LogP contribution is 2.21. The van der Waals surface area contributed by atoms with Crippen molar-refractivity contribution in [2.75, 3.05) is 26.2 Å². The van der Waals surface area contributed by atoms with Gasteiger partial charge in [-0.05, 0) is 31.4 Å². The van der Waals surface area contributed by atoms with Gasteiger partial charge in [0, 0.05) is 38.6 Å². The Morgan fingerprint density at radius 3 is 2.76 bits per heavy atom. The number of rotatable bonds is 5. The molecule has 2 heterocycles. The molecule has 132 valence electrons. The smallest absolute Gasteiger partial charge is 0.194 e. The van der Waals surface area contributed by atoms with Crippen LogP contribution in [0.3, 0.4) is 0 Å². The fraction of sp³-hybridized carbons (Fsp3) is 0.400. The number of hydrogen-bond donors (Lipinski definition) is 1. The normalized spacial score (nSPS) is 15.2. The second-order valence-corrected chi connectivity index (χ2v) is 6.19. The Balaban J connectivity index is 1.62. The van der Waals surface area contributed by atoms with Gasteiger partial charge in [-0.3, -0.25) is 4.99 Å². The van der Waals surface area contributed by atoms with Crippen molar-refractivity contribution < 1.29 is 0 Å². The van der Waals surface area contributed by atoms with E-state index < -0.39 is 0 Å². The molecule has 25 heavy (non-hydrogen) atoms. The molecule has 2 aromatic rings. The highest BCUT2D eigenvalue weighted by atomic mass is 15.3. The molecule has 0 atom stereocenters. The van der Waals surface area contributed by atoms with Crippen molar-refractivity contribution in [1.29, 1.82) is 0 Å². The zero-order valence-electron chi connectivity index (χ0n) is 15.2. The molecule has 0 saturated heterocycles. The van der Waals surface area contributed by atoms with Gasteiger partial charge in [-0.25, -0.2) is 4.98 Å². The zero-order valence-corrected chi connectivity index (χ0v) is 15.2. The molecule has 1 aromatic carbocycles. The number of imidazole rings is 1. The van der Waals surface area contributed by atoms with Crippen LogP contribution in [0.15, 0.2) is 53.8 Å². The van der Waals surface area contributed by atoms with Gasteiger partial charge in [0.1, 0.15) is 5.82 Å². The quantitative estimate of drug-likeness (QED) is 0.674. The molecule has 1 aromatic heterocycles. The minimum atomic E-state index is 0.755. The van der Waals surface area contributed by atoms with Crippen LogP contribution in [-0.2, 0) is 6.54 Å². The van der Waals surface area contributed by atoms with E-state index in [1.54, 1.807) is 0 Å². The van der Waals surface area contributed by atoms with Crippen LogP contribution in [0, 0.1) is 6.92 Å². The van der Waals surface area contributed by atoms with Crippen LogP contribution in [0.25, 0.3) is 5.57 Å². The molecule has 1 aliphatic heterocycles. The number of nitrogens with zero attached hydrogens (tertiary/aromatic N) is 4. The van der Waals surface area contributed by atoms with E-state index in [1.807, 2.05) is 19.3 Å². The number of benzene rings is 1. The van der Waals surface area contributed by atoms with Gasteiger partial charge < -0.3 is 14.8 Å². The van der Waals surface area contributed by atoms with Crippen LogP contribution >= 0.6 is 0 Å². The third-order valence-electron chi connectivity index (χ3n) is 4.51. The molecule has 5 heteroatoms. The summed E-state index contributed by atoms with van der Waals surface area (Å²) in [5, 5.41) is 3.42. The van der Waals surface area contributed by atoms with Gasteiger partial charge in [0.2, 0.25) is 0 Å². The molecule has 3 rings (SSSR count). The number of nitrogens with one attached hydrogen (secondary N) is 1. The highest BCUT2D eigenvalue weighted by molar-refractivity contribution is 5.81. The van der Waals surface area contributed by atoms with Gasteiger partial charge in [-0.1, -0.05) is 36.4 Å². The third-order valence-corrected chi connectivity index (χ3v) is 4.51. The Hall–Kier alpha value is -2.56. The van der Waals surface area contributed by atoms with Gasteiger partial charge in [-0.15, -0.1) is 0 Å². The van der Waals surface area contributed by atoms with E-state index in [1.165, 1.54) is 11.1 Å². The molecule has 0 unspecified atom stereocenters. The summed E-state index contributed by atoms with van der Waals surface area (Å²) in [6.45, 7) is 8.54. The van der Waals surface area contributed by atoms with Gasteiger partial charge in [0.05, 0.1) is 6.54 Å². The number of aliphatic imine (C=N–C) groups is 1. The molecule has 0 radical (unpaired) electrons. The summed E-state index contributed by atoms with van der Waals surface area (Å²) in [6, 6.07) is 10.7. The van der Waals surface area contributed by atoms with Crippen molar-refractivity contribution >= 4 is 11.5 Å². The Kier molecular flexibility index (Phi) is 5.88. The number of guanidine groups is 1. The lowest BCUT2D eigenvalue weighted by molar-refractivity contribution is 0.439. The maximum absolute atomic E-state index is 4.80. The SMILES string of the molecule is CCNC(=NCCn1ccnc1C)N1CC=C(c2ccccc2)CC1. The molecule has 0 aliphatic carbocycles. The van der Waals surface area contributed by atoms with Crippen LogP contribution in [0.1, 0.15) is 24.7 Å². The second-order valence-electron chi connectivity index (χ2n) is 6.19. The van der Waals surface area contributed by atoms with Gasteiger partial charge in [-0.2, -0.15) is 0 Å². The van der Waals surface area contributed by atoms with E-state index in [9.17, 15) is 0 Å². The first-order valence-corrected chi connectivity index (χ1v) is 9.03. The number of aryl methyl sites for hydroxylation is 1. The molecular weight excluding hydrogens is 310 g/mol. The molecule has 0 bridgehead atoms. The van der Waals surface area contributed by atoms with E-state index in [2.05, 4.69) is 63.1 Å². The van der Waals surface area contributed by atoms with E-state index in [4.69, 9.17) is 4.99 Å². The second kappa shape index (κ2) is 8.51. The van der Waals surface area contributed by atoms with Crippen molar-refractivity contribution in [1.82, 2.24) is 19.8 Å². The van der Waals surface area contributed by atoms with Crippen molar-refractivity contribution in [3.63, 3.8) is 0 Å². The fourth-order valence-corrected chi connectivity index (χ4v) is 3.11. The summed E-state index contributed by atoms with van der Waals surface area (Å²) in [5.74, 6) is 2.04. The number of aromatic nitrogens is 2. The largest absolute Gasteiger partial charge is 0.357 e. The van der Waals surface area contributed by atoms with E-state index in [-0.39, 0.29) is 0 Å². The van der Waals surface area contributed by atoms with Crippen molar-refractivity contribution in [2.45, 2.75) is 26.8 Å². The fourth-order valence-electron chi connectivity index (χ4n) is 3.11. The lowest BCUT2D eigenvalue weighted by Gasteiger charge is -2.30. The summed E-state index contributed by atoms with van der Waals surface area (Å²) in [5.41, 5.74) is 2.77. The van der Waals surface area contributed by atoms with Crippen molar-refractivity contribution in [3.8, 4) is 0 Å². The van der Waals surface area contributed by atoms with Crippen LogP contribution < -0.4 is 5.32 Å². The summed E-state index contributed by atoms with van der Waals surface area (Å²) in [7, 11) is 0. The predicted molar refractivity (Wildman–Crippen MR) is 104 cm³/mol. The summed E-state index contributed by atoms with van der Waals surface area (Å²) in [4.78, 5) is 11.4. The molecule has 1 N–H and O–H groups in total. The van der Waals surface area contributed by atoms with E-state index in [0.717, 1.165) is 50.9 Å². The summed E-state index contributed by atoms with van der Waals surface area (Å²) in [6.07, 6.45) is 7.22. The first-order chi connectivity index (χ1) is 12.3. The lowest BCUT2D eigenvalue weighted by Crippen LogP contribution is -2.43. The molecular formula is C20H27N5. The van der Waals surface area contributed by atoms with Crippen LogP contribution in [0.4, 0.5) is 0 Å². The van der Waals surface area contributed by atoms with Crippen LogP contribution in [-0.4, -0.2) is 46.6 Å². The Labute approximate surface area is 150 Å². The maximum atomic E-state index is 4.80. The van der Waals surface area contributed by atoms with Crippen molar-refractivity contribution in [2.24, 2.45) is 4.99 Å². The van der Waals surface area contributed by atoms with Gasteiger partial charge in [0.25, 0.3) is 0 Å². The van der Waals surface area contributed by atoms with Gasteiger partial charge >= 0.3 is 0 Å². The monoisotopic (exact) mass is 337 g/mol. The van der Waals surface area contributed by atoms with Crippen LogP contribution in [0.2, 0.25) is 0 Å². The average molecular weight is 337 g/mol. The highest BCUT2D eigenvalue weighted by Gasteiger charge is 2.15. The first-order valence-electron chi connectivity index (χ1n) is 9.03. The molecule has 0 saturated carbocycles. The predicted octanol–water partition coefficient (Wildman–Crippen LogP) is 2.95. The molecule has 0 fully saturated rings. The minimum Gasteiger partial charge on any atom is -0.357 e. The molecule has 5 nitrogen and oxygen atoms in total. The summed E-state index contributed by atoms with van der Waals surface area (Å²) < 4.78 is 2.14. The molecule has 0 amide bonds. The lowest BCUT2D eigenvalue weighted by atomic mass is 10.00. The Morgan fingerprint density at radius 2 is 2.12 bits per heavy atom.